The summed E-state index contributed by atoms with van der Waals surface area (Å²) in [5.41, 5.74) is 0. The van der Waals surface area contributed by atoms with E-state index in [1.54, 1.807) is 116 Å². The van der Waals surface area contributed by atoms with Crippen LogP contribution in [0.15, 0.2) is 24.3 Å². The molecule has 2 nitrogen and oxygen atoms in total. The van der Waals surface area contributed by atoms with Crippen LogP contribution in [0.25, 0.3) is 0 Å². The first-order valence-corrected chi connectivity index (χ1v) is 34.6. The molecule has 0 saturated heterocycles. The molecule has 406 valence electrons. The maximum absolute atomic E-state index is 3.35. The Hall–Kier alpha value is -0.600. The van der Waals surface area contributed by atoms with Gasteiger partial charge in [0.15, 0.2) is 0 Å². The largest absolute Gasteiger partial charge is 0.294 e. The Balaban J connectivity index is 0.701. The first kappa shape index (κ1) is 52.1. The molecule has 0 N–H and O–H groups in total. The van der Waals surface area contributed by atoms with Crippen LogP contribution in [0.1, 0.15) is 295 Å². The van der Waals surface area contributed by atoms with E-state index in [-0.39, 0.29) is 0 Å². The summed E-state index contributed by atoms with van der Waals surface area (Å²) >= 11 is 0. The second kappa shape index (κ2) is 25.5. The summed E-state index contributed by atoms with van der Waals surface area (Å²) in [5, 5.41) is 0. The second-order valence-corrected chi connectivity index (χ2v) is 29.7. The topological polar surface area (TPSA) is 6.48 Å². The molecule has 0 spiro atoms. The number of fused-ring (bicyclic) bond motifs is 5. The summed E-state index contributed by atoms with van der Waals surface area (Å²) < 4.78 is 0. The van der Waals surface area contributed by atoms with Crippen LogP contribution in [0, 0.1) is 82.9 Å². The fourth-order valence-corrected chi connectivity index (χ4v) is 22.6. The van der Waals surface area contributed by atoms with Crippen molar-refractivity contribution in [1.29, 1.82) is 0 Å². The maximum Gasteiger partial charge on any atom is 0.0102 e. The van der Waals surface area contributed by atoms with E-state index in [2.05, 4.69) is 34.1 Å². The zero-order valence-corrected chi connectivity index (χ0v) is 47.3. The highest BCUT2D eigenvalue weighted by atomic mass is 15.2. The monoisotopic (exact) mass is 985 g/mol. The lowest BCUT2D eigenvalue weighted by Gasteiger charge is -2.61. The van der Waals surface area contributed by atoms with Crippen LogP contribution < -0.4 is 0 Å². The molecule has 0 radical (unpaired) electrons. The van der Waals surface area contributed by atoms with Gasteiger partial charge < -0.3 is 0 Å². The van der Waals surface area contributed by atoms with Crippen molar-refractivity contribution in [3.05, 3.63) is 24.3 Å². The fourth-order valence-electron chi connectivity index (χ4n) is 22.6. The quantitative estimate of drug-likeness (QED) is 0.180. The van der Waals surface area contributed by atoms with E-state index in [9.17, 15) is 0 Å². The van der Waals surface area contributed by atoms with Gasteiger partial charge in [-0.15, -0.1) is 0 Å². The van der Waals surface area contributed by atoms with E-state index in [1.165, 1.54) is 180 Å². The molecule has 0 heterocycles. The van der Waals surface area contributed by atoms with Crippen molar-refractivity contribution >= 4 is 0 Å². The highest BCUT2D eigenvalue weighted by molar-refractivity contribution is 5.07. The Morgan fingerprint density at radius 3 is 0.736 bits per heavy atom. The van der Waals surface area contributed by atoms with Crippen molar-refractivity contribution in [2.24, 2.45) is 82.9 Å². The van der Waals surface area contributed by atoms with Gasteiger partial charge in [-0.25, -0.2) is 0 Å². The molecule has 8 unspecified atom stereocenters. The van der Waals surface area contributed by atoms with Crippen LogP contribution >= 0.6 is 0 Å². The predicted molar refractivity (Wildman–Crippen MR) is 306 cm³/mol. The normalized spacial score (nSPS) is 44.0. The summed E-state index contributed by atoms with van der Waals surface area (Å²) in [6, 6.07) is 5.39. The van der Waals surface area contributed by atoms with Crippen LogP contribution in [0.5, 0.6) is 0 Å². The molecule has 0 bridgehead atoms. The Morgan fingerprint density at radius 1 is 0.181 bits per heavy atom. The molecule has 0 aliphatic heterocycles. The van der Waals surface area contributed by atoms with E-state index in [0.29, 0.717) is 0 Å². The zero-order chi connectivity index (χ0) is 48.1. The number of allylic oxidation sites excluding steroid dienone is 4. The SMILES string of the molecule is C(=CC1CCC(N(C2CCC(C=CC3CCCCC3)CC2)C2CCC(C3CC4C5CCCCC5C(C5CCC(N(C6CCCCC6)C6CCCCC6)CC5)CC4C4CCCCC34)CC2)CC1)C1CCCCC1. The summed E-state index contributed by atoms with van der Waals surface area (Å²) in [6.07, 6.45) is 81.3. The van der Waals surface area contributed by atoms with Crippen molar-refractivity contribution in [3.63, 3.8) is 0 Å². The minimum Gasteiger partial charge on any atom is -0.294 e. The first-order valence-electron chi connectivity index (χ1n) is 34.6. The maximum atomic E-state index is 3.35. The van der Waals surface area contributed by atoms with Gasteiger partial charge >= 0.3 is 0 Å². The Labute approximate surface area is 446 Å². The molecule has 0 aromatic heterocycles. The second-order valence-electron chi connectivity index (χ2n) is 29.7. The Bertz CT molecular complexity index is 1570. The van der Waals surface area contributed by atoms with Crippen LogP contribution in [0.4, 0.5) is 0 Å². The van der Waals surface area contributed by atoms with Crippen LogP contribution in [-0.4, -0.2) is 46.1 Å². The highest BCUT2D eigenvalue weighted by Crippen LogP contribution is 2.64. The molecule has 12 aliphatic carbocycles. The molecule has 8 atom stereocenters. The van der Waals surface area contributed by atoms with Crippen molar-refractivity contribution in [2.75, 3.05) is 0 Å². The van der Waals surface area contributed by atoms with E-state index in [1.807, 2.05) is 0 Å². The summed E-state index contributed by atoms with van der Waals surface area (Å²) in [5.74, 6) is 14.3. The van der Waals surface area contributed by atoms with E-state index in [0.717, 1.165) is 119 Å². The lowest BCUT2D eigenvalue weighted by molar-refractivity contribution is -0.121. The minimum absolute atomic E-state index is 0.863. The van der Waals surface area contributed by atoms with Crippen molar-refractivity contribution in [1.82, 2.24) is 9.80 Å². The minimum atomic E-state index is 0.863. The third-order valence-electron chi connectivity index (χ3n) is 26.1. The highest BCUT2D eigenvalue weighted by Gasteiger charge is 2.56. The predicted octanol–water partition coefficient (Wildman–Crippen LogP) is 19.6. The van der Waals surface area contributed by atoms with Gasteiger partial charge in [0, 0.05) is 36.3 Å². The third-order valence-corrected chi connectivity index (χ3v) is 26.1. The average Bonchev–Trinajstić information content (AvgIpc) is 3.46. The molecule has 12 aliphatic rings. The summed E-state index contributed by atoms with van der Waals surface area (Å²) in [7, 11) is 0. The van der Waals surface area contributed by atoms with Crippen LogP contribution in [-0.2, 0) is 0 Å². The molecular formula is C70H116N2. The summed E-state index contributed by atoms with van der Waals surface area (Å²) in [4.78, 5) is 6.63. The van der Waals surface area contributed by atoms with Gasteiger partial charge in [0.05, 0.1) is 0 Å². The van der Waals surface area contributed by atoms with E-state index >= 15 is 0 Å². The molecule has 0 amide bonds. The Morgan fingerprint density at radius 2 is 0.417 bits per heavy atom. The lowest BCUT2D eigenvalue weighted by Crippen LogP contribution is -2.55. The molecule has 0 aromatic carbocycles. The van der Waals surface area contributed by atoms with E-state index in [4.69, 9.17) is 0 Å². The molecule has 2 heteroatoms. The van der Waals surface area contributed by atoms with Crippen molar-refractivity contribution in [2.45, 2.75) is 332 Å². The number of rotatable bonds is 12. The molecular weight excluding hydrogens is 869 g/mol. The van der Waals surface area contributed by atoms with Crippen molar-refractivity contribution < 1.29 is 0 Å². The smallest absolute Gasteiger partial charge is 0.0102 e. The van der Waals surface area contributed by atoms with Gasteiger partial charge in [-0.1, -0.05) is 127 Å². The molecule has 0 aromatic rings. The molecule has 12 saturated carbocycles. The standard InChI is InChI=1S/C70H116N2/c1-5-17-51(18-6-1)29-31-53-33-41-59(42-34-53)72(60-43-35-54(36-44-60)32-30-52-19-7-2-8-20-52)62-47-39-56(40-48-62)68-50-70-65-27-15-13-25-63(65)67(49-69(70)66-28-16-14-26-64(66)68)55-37-45-61(46-38-55)71(57-21-9-3-10-22-57)58-23-11-4-12-24-58/h29-32,51-70H,1-28,33-50H2. The van der Waals surface area contributed by atoms with Gasteiger partial charge in [-0.05, 0) is 275 Å². The average molecular weight is 986 g/mol. The van der Waals surface area contributed by atoms with Gasteiger partial charge in [0.2, 0.25) is 0 Å². The number of hydrogen-bond donors (Lipinski definition) is 0. The van der Waals surface area contributed by atoms with Gasteiger partial charge in [-0.3, -0.25) is 9.80 Å². The number of nitrogens with zero attached hydrogens (tertiary/aromatic N) is 2. The third kappa shape index (κ3) is 12.2. The van der Waals surface area contributed by atoms with E-state index < -0.39 is 0 Å². The Kier molecular flexibility index (Phi) is 18.4. The molecule has 12 fully saturated rings. The number of hydrogen-bond acceptors (Lipinski definition) is 2. The molecule has 12 rings (SSSR count). The lowest BCUT2D eigenvalue weighted by atomic mass is 9.44. The fraction of sp³-hybridized carbons (Fsp3) is 0.943. The van der Waals surface area contributed by atoms with Gasteiger partial charge in [0.1, 0.15) is 0 Å². The summed E-state index contributed by atoms with van der Waals surface area (Å²) in [6.45, 7) is 0. The molecule has 72 heavy (non-hydrogen) atoms. The van der Waals surface area contributed by atoms with Crippen molar-refractivity contribution in [3.8, 4) is 0 Å². The van der Waals surface area contributed by atoms with Gasteiger partial charge in [-0.2, -0.15) is 0 Å². The van der Waals surface area contributed by atoms with Crippen LogP contribution in [0.2, 0.25) is 0 Å². The first-order chi connectivity index (χ1) is 35.7. The van der Waals surface area contributed by atoms with Crippen LogP contribution in [0.3, 0.4) is 0 Å². The van der Waals surface area contributed by atoms with Gasteiger partial charge in [0.25, 0.3) is 0 Å². The zero-order valence-electron chi connectivity index (χ0n) is 47.3.